The van der Waals surface area contributed by atoms with Gasteiger partial charge in [0.05, 0.1) is 42.7 Å². The van der Waals surface area contributed by atoms with Crippen molar-refractivity contribution < 1.29 is 28.6 Å². The van der Waals surface area contributed by atoms with Crippen LogP contribution in [0, 0.1) is 0 Å². The number of rotatable bonds is 12. The zero-order valence-electron chi connectivity index (χ0n) is 21.0. The molecule has 3 rings (SSSR count). The Labute approximate surface area is 233 Å². The molecule has 0 aliphatic carbocycles. The summed E-state index contributed by atoms with van der Waals surface area (Å²) in [6.07, 6.45) is 1.30. The SMILES string of the molecule is CCn1c(CCCOc2ccc(Cl)cc2Cl)nnc1SCC(=O)Nc1cc(C(=O)OC)cc(C(=O)OC)c1. The molecule has 0 fully saturated rings. The van der Waals surface area contributed by atoms with Crippen molar-refractivity contribution in [3.63, 3.8) is 0 Å². The van der Waals surface area contributed by atoms with Gasteiger partial charge in [-0.05, 0) is 49.7 Å². The Hall–Kier alpha value is -3.28. The fourth-order valence-corrected chi connectivity index (χ4v) is 4.72. The summed E-state index contributed by atoms with van der Waals surface area (Å²) in [4.78, 5) is 36.6. The van der Waals surface area contributed by atoms with Gasteiger partial charge < -0.3 is 24.1 Å². The average Bonchev–Trinajstić information content (AvgIpc) is 3.31. The summed E-state index contributed by atoms with van der Waals surface area (Å²) in [5.41, 5.74) is 0.476. The molecule has 1 aromatic heterocycles. The maximum Gasteiger partial charge on any atom is 0.337 e. The van der Waals surface area contributed by atoms with Crippen molar-refractivity contribution in [2.24, 2.45) is 0 Å². The first-order valence-corrected chi connectivity index (χ1v) is 13.2. The highest BCUT2D eigenvalue weighted by atomic mass is 35.5. The van der Waals surface area contributed by atoms with E-state index in [2.05, 4.69) is 15.5 Å². The average molecular weight is 581 g/mol. The molecule has 0 aliphatic rings. The molecule has 10 nitrogen and oxygen atoms in total. The Morgan fingerprint density at radius 3 is 2.29 bits per heavy atom. The fourth-order valence-electron chi connectivity index (χ4n) is 3.43. The number of benzene rings is 2. The van der Waals surface area contributed by atoms with Gasteiger partial charge in [0.2, 0.25) is 5.91 Å². The molecule has 0 bridgehead atoms. The molecule has 0 unspecified atom stereocenters. The number of esters is 2. The van der Waals surface area contributed by atoms with Gasteiger partial charge in [0.25, 0.3) is 0 Å². The maximum absolute atomic E-state index is 12.6. The Bertz CT molecular complexity index is 1280. The monoisotopic (exact) mass is 580 g/mol. The van der Waals surface area contributed by atoms with E-state index in [1.54, 1.807) is 18.2 Å². The highest BCUT2D eigenvalue weighted by Gasteiger charge is 2.17. The summed E-state index contributed by atoms with van der Waals surface area (Å²) in [7, 11) is 2.45. The van der Waals surface area contributed by atoms with Crippen LogP contribution in [0.25, 0.3) is 0 Å². The molecule has 2 aromatic carbocycles. The summed E-state index contributed by atoms with van der Waals surface area (Å²) < 4.78 is 17.1. The highest BCUT2D eigenvalue weighted by Crippen LogP contribution is 2.27. The van der Waals surface area contributed by atoms with E-state index in [0.717, 1.165) is 5.82 Å². The van der Waals surface area contributed by atoms with Crippen molar-refractivity contribution in [1.29, 1.82) is 0 Å². The molecule has 38 heavy (non-hydrogen) atoms. The third-order valence-electron chi connectivity index (χ3n) is 5.20. The largest absolute Gasteiger partial charge is 0.492 e. The third-order valence-corrected chi connectivity index (χ3v) is 6.69. The minimum Gasteiger partial charge on any atom is -0.492 e. The number of anilines is 1. The van der Waals surface area contributed by atoms with E-state index in [-0.39, 0.29) is 28.5 Å². The van der Waals surface area contributed by atoms with Crippen LogP contribution in [0.1, 0.15) is 39.9 Å². The summed E-state index contributed by atoms with van der Waals surface area (Å²) in [5.74, 6) is -0.280. The van der Waals surface area contributed by atoms with Crippen LogP contribution in [0.5, 0.6) is 5.75 Å². The molecule has 0 radical (unpaired) electrons. The van der Waals surface area contributed by atoms with Crippen LogP contribution in [0.4, 0.5) is 5.69 Å². The van der Waals surface area contributed by atoms with E-state index < -0.39 is 11.9 Å². The minimum atomic E-state index is -0.647. The van der Waals surface area contributed by atoms with E-state index in [0.29, 0.717) is 46.9 Å². The Morgan fingerprint density at radius 1 is 1.00 bits per heavy atom. The van der Waals surface area contributed by atoms with Crippen molar-refractivity contribution in [3.8, 4) is 5.75 Å². The van der Waals surface area contributed by atoms with Crippen LogP contribution in [0.2, 0.25) is 10.0 Å². The number of hydrogen-bond donors (Lipinski definition) is 1. The van der Waals surface area contributed by atoms with Gasteiger partial charge in [-0.1, -0.05) is 35.0 Å². The van der Waals surface area contributed by atoms with E-state index >= 15 is 0 Å². The van der Waals surface area contributed by atoms with Gasteiger partial charge in [-0.15, -0.1) is 10.2 Å². The lowest BCUT2D eigenvalue weighted by Gasteiger charge is -2.10. The Kier molecular flexibility index (Phi) is 10.8. The number of halogens is 2. The first kappa shape index (κ1) is 29.3. The van der Waals surface area contributed by atoms with E-state index in [1.807, 2.05) is 11.5 Å². The predicted octanol–water partition coefficient (Wildman–Crippen LogP) is 4.92. The summed E-state index contributed by atoms with van der Waals surface area (Å²) in [6, 6.07) is 9.24. The smallest absolute Gasteiger partial charge is 0.337 e. The number of carbonyl (C=O) groups is 3. The van der Waals surface area contributed by atoms with Gasteiger partial charge in [-0.25, -0.2) is 9.59 Å². The van der Waals surface area contributed by atoms with Crippen LogP contribution in [0.15, 0.2) is 41.6 Å². The molecular formula is C25H26Cl2N4O6S. The number of methoxy groups -OCH3 is 2. The number of nitrogens with one attached hydrogen (secondary N) is 1. The lowest BCUT2D eigenvalue weighted by atomic mass is 10.1. The summed E-state index contributed by atoms with van der Waals surface area (Å²) >= 11 is 13.3. The number of amides is 1. The minimum absolute atomic E-state index is 0.0340. The second-order valence-electron chi connectivity index (χ2n) is 7.79. The Morgan fingerprint density at radius 2 is 1.68 bits per heavy atom. The van der Waals surface area contributed by atoms with E-state index in [4.69, 9.17) is 37.4 Å². The molecule has 202 valence electrons. The van der Waals surface area contributed by atoms with Crippen molar-refractivity contribution in [1.82, 2.24) is 14.8 Å². The van der Waals surface area contributed by atoms with Crippen LogP contribution in [-0.2, 0) is 27.2 Å². The zero-order valence-corrected chi connectivity index (χ0v) is 23.3. The second kappa shape index (κ2) is 14.0. The number of ether oxygens (including phenoxy) is 3. The molecule has 13 heteroatoms. The van der Waals surface area contributed by atoms with Crippen molar-refractivity contribution >= 4 is 58.5 Å². The maximum atomic E-state index is 12.6. The molecule has 3 aromatic rings. The molecule has 0 atom stereocenters. The predicted molar refractivity (Wildman–Crippen MR) is 144 cm³/mol. The molecule has 1 amide bonds. The topological polar surface area (TPSA) is 122 Å². The normalized spacial score (nSPS) is 10.7. The zero-order chi connectivity index (χ0) is 27.7. The number of nitrogens with zero attached hydrogens (tertiary/aromatic N) is 3. The van der Waals surface area contributed by atoms with Gasteiger partial charge in [0, 0.05) is 23.7 Å². The van der Waals surface area contributed by atoms with Crippen LogP contribution in [0.3, 0.4) is 0 Å². The van der Waals surface area contributed by atoms with Crippen LogP contribution < -0.4 is 10.1 Å². The highest BCUT2D eigenvalue weighted by molar-refractivity contribution is 7.99. The number of hydrogen-bond acceptors (Lipinski definition) is 9. The lowest BCUT2D eigenvalue weighted by molar-refractivity contribution is -0.113. The van der Waals surface area contributed by atoms with Gasteiger partial charge in [0.1, 0.15) is 11.6 Å². The van der Waals surface area contributed by atoms with Crippen LogP contribution in [-0.4, -0.2) is 59.2 Å². The molecule has 1 N–H and O–H groups in total. The number of aromatic nitrogens is 3. The van der Waals surface area contributed by atoms with Gasteiger partial charge in [-0.3, -0.25) is 4.79 Å². The first-order valence-electron chi connectivity index (χ1n) is 11.5. The molecule has 0 spiro atoms. The molecule has 0 saturated heterocycles. The first-order chi connectivity index (χ1) is 18.2. The number of carbonyl (C=O) groups excluding carboxylic acids is 3. The lowest BCUT2D eigenvalue weighted by Crippen LogP contribution is -2.16. The second-order valence-corrected chi connectivity index (χ2v) is 9.58. The summed E-state index contributed by atoms with van der Waals surface area (Å²) in [6.45, 7) is 3.02. The standard InChI is InChI=1S/C25H26Cl2N4O6S/c1-4-31-21(6-5-9-37-20-8-7-17(26)13-19(20)27)29-30-25(31)38-14-22(32)28-18-11-15(23(33)35-2)10-16(12-18)24(34)36-3/h7-8,10-13H,4-6,9,14H2,1-3H3,(H,28,32). The van der Waals surface area contributed by atoms with Crippen molar-refractivity contribution in [2.45, 2.75) is 31.5 Å². The van der Waals surface area contributed by atoms with Gasteiger partial charge >= 0.3 is 11.9 Å². The van der Waals surface area contributed by atoms with E-state index in [9.17, 15) is 14.4 Å². The quantitative estimate of drug-likeness (QED) is 0.180. The number of thioether (sulfide) groups is 1. The Balaban J connectivity index is 1.57. The van der Waals surface area contributed by atoms with E-state index in [1.165, 1.54) is 44.2 Å². The van der Waals surface area contributed by atoms with Gasteiger partial charge in [-0.2, -0.15) is 0 Å². The summed E-state index contributed by atoms with van der Waals surface area (Å²) in [5, 5.41) is 12.8. The van der Waals surface area contributed by atoms with Gasteiger partial charge in [0.15, 0.2) is 5.16 Å². The molecule has 0 saturated carbocycles. The fraction of sp³-hybridized carbons (Fsp3) is 0.320. The third kappa shape index (κ3) is 7.86. The van der Waals surface area contributed by atoms with Crippen LogP contribution >= 0.6 is 35.0 Å². The molecule has 1 heterocycles. The van der Waals surface area contributed by atoms with Crippen molar-refractivity contribution in [2.75, 3.05) is 31.9 Å². The molecule has 0 aliphatic heterocycles. The number of aryl methyl sites for hydroxylation is 1. The van der Waals surface area contributed by atoms with Crippen molar-refractivity contribution in [3.05, 3.63) is 63.4 Å². The molecular weight excluding hydrogens is 555 g/mol.